The standard InChI is InChI=1S/C25H47ClN2O4S2/c1-2-3-4-5-6-7-8-9-10-11-12-13-14-15-20-33-23-24(32-25-17-19-31-28-25)22-27-34(29,30)21-16-18-26/h17,19,24,27H,2-16,18,20-23H2,1H3. The fourth-order valence-corrected chi connectivity index (χ4v) is 6.14. The normalized spacial score (nSPS) is 12.8. The topological polar surface area (TPSA) is 81.4 Å². The van der Waals surface area contributed by atoms with Gasteiger partial charge in [0.25, 0.3) is 5.88 Å². The van der Waals surface area contributed by atoms with E-state index in [2.05, 4.69) is 16.8 Å². The van der Waals surface area contributed by atoms with E-state index < -0.39 is 10.0 Å². The molecule has 0 bridgehead atoms. The lowest BCUT2D eigenvalue weighted by Gasteiger charge is -2.17. The van der Waals surface area contributed by atoms with Crippen LogP contribution in [0.5, 0.6) is 5.88 Å². The first-order valence-corrected chi connectivity index (χ1v) is 16.6. The number of aromatic nitrogens is 1. The molecule has 0 aliphatic carbocycles. The predicted molar refractivity (Wildman–Crippen MR) is 146 cm³/mol. The van der Waals surface area contributed by atoms with E-state index in [-0.39, 0.29) is 18.4 Å². The van der Waals surface area contributed by atoms with Gasteiger partial charge in [-0.3, -0.25) is 0 Å². The minimum atomic E-state index is -3.35. The summed E-state index contributed by atoms with van der Waals surface area (Å²) in [6.45, 7) is 2.48. The summed E-state index contributed by atoms with van der Waals surface area (Å²) in [5.41, 5.74) is 0. The lowest BCUT2D eigenvalue weighted by Crippen LogP contribution is -2.38. The summed E-state index contributed by atoms with van der Waals surface area (Å²) in [6, 6.07) is 1.63. The molecule has 6 nitrogen and oxygen atoms in total. The predicted octanol–water partition coefficient (Wildman–Crippen LogP) is 7.18. The first-order valence-electron chi connectivity index (χ1n) is 13.3. The van der Waals surface area contributed by atoms with Gasteiger partial charge in [0.05, 0.1) is 5.75 Å². The van der Waals surface area contributed by atoms with Crippen LogP contribution in [-0.2, 0) is 10.0 Å². The largest absolute Gasteiger partial charge is 0.470 e. The van der Waals surface area contributed by atoms with Gasteiger partial charge in [-0.2, -0.15) is 11.8 Å². The molecule has 0 saturated heterocycles. The number of ether oxygens (including phenoxy) is 1. The number of unbranched alkanes of at least 4 members (excludes halogenated alkanes) is 13. The van der Waals surface area contributed by atoms with Crippen LogP contribution in [0.25, 0.3) is 0 Å². The molecule has 0 aromatic carbocycles. The smallest absolute Gasteiger partial charge is 0.254 e. The van der Waals surface area contributed by atoms with Crippen LogP contribution in [0.2, 0.25) is 0 Å². The Kier molecular flexibility index (Phi) is 20.3. The summed E-state index contributed by atoms with van der Waals surface area (Å²) in [4.78, 5) is 0. The Hall–Kier alpha value is -0.440. The molecule has 200 valence electrons. The zero-order valence-corrected chi connectivity index (χ0v) is 23.5. The summed E-state index contributed by atoms with van der Waals surface area (Å²) in [5, 5.41) is 3.77. The molecule has 0 saturated carbocycles. The highest BCUT2D eigenvalue weighted by Crippen LogP contribution is 2.16. The van der Waals surface area contributed by atoms with Crippen LogP contribution in [0.4, 0.5) is 0 Å². The van der Waals surface area contributed by atoms with Gasteiger partial charge in [-0.1, -0.05) is 90.4 Å². The fraction of sp³-hybridized carbons (Fsp3) is 0.880. The van der Waals surface area contributed by atoms with Gasteiger partial charge in [0, 0.05) is 24.2 Å². The molecule has 0 amide bonds. The monoisotopic (exact) mass is 538 g/mol. The van der Waals surface area contributed by atoms with Crippen molar-refractivity contribution in [1.29, 1.82) is 0 Å². The molecule has 1 heterocycles. The lowest BCUT2D eigenvalue weighted by molar-refractivity contribution is 0.207. The summed E-state index contributed by atoms with van der Waals surface area (Å²) in [7, 11) is -3.35. The molecule has 0 fully saturated rings. The van der Waals surface area contributed by atoms with Crippen LogP contribution < -0.4 is 9.46 Å². The van der Waals surface area contributed by atoms with Crippen molar-refractivity contribution in [2.24, 2.45) is 0 Å². The summed E-state index contributed by atoms with van der Waals surface area (Å²) >= 11 is 7.40. The zero-order chi connectivity index (χ0) is 24.7. The van der Waals surface area contributed by atoms with Crippen molar-refractivity contribution in [3.8, 4) is 5.88 Å². The third-order valence-electron chi connectivity index (χ3n) is 5.73. The van der Waals surface area contributed by atoms with Crippen LogP contribution in [-0.4, -0.2) is 49.4 Å². The molecule has 9 heteroatoms. The van der Waals surface area contributed by atoms with E-state index in [1.165, 1.54) is 96.2 Å². The van der Waals surface area contributed by atoms with Crippen LogP contribution >= 0.6 is 23.4 Å². The minimum absolute atomic E-state index is 0.0272. The van der Waals surface area contributed by atoms with E-state index in [1.54, 1.807) is 17.8 Å². The second-order valence-corrected chi connectivity index (χ2v) is 12.4. The second-order valence-electron chi connectivity index (χ2n) is 8.96. The molecule has 0 radical (unpaired) electrons. The van der Waals surface area contributed by atoms with Gasteiger partial charge >= 0.3 is 0 Å². The number of halogens is 1. The second kappa shape index (κ2) is 21.8. The van der Waals surface area contributed by atoms with E-state index in [9.17, 15) is 8.42 Å². The maximum Gasteiger partial charge on any atom is 0.254 e. The van der Waals surface area contributed by atoms with E-state index >= 15 is 0 Å². The van der Waals surface area contributed by atoms with Crippen molar-refractivity contribution >= 4 is 33.4 Å². The molecule has 1 N–H and O–H groups in total. The highest BCUT2D eigenvalue weighted by Gasteiger charge is 2.17. The van der Waals surface area contributed by atoms with Crippen LogP contribution in [0.15, 0.2) is 16.9 Å². The van der Waals surface area contributed by atoms with Crippen molar-refractivity contribution in [1.82, 2.24) is 9.88 Å². The van der Waals surface area contributed by atoms with Crippen molar-refractivity contribution in [3.05, 3.63) is 12.3 Å². The average Bonchev–Trinajstić information content (AvgIpc) is 3.34. The van der Waals surface area contributed by atoms with Gasteiger partial charge in [0.2, 0.25) is 10.0 Å². The van der Waals surface area contributed by atoms with Crippen LogP contribution in [0, 0.1) is 0 Å². The molecule has 1 atom stereocenters. The van der Waals surface area contributed by atoms with E-state index in [0.29, 0.717) is 23.9 Å². The Morgan fingerprint density at radius 1 is 0.971 bits per heavy atom. The number of nitrogens with one attached hydrogen (secondary N) is 1. The lowest BCUT2D eigenvalue weighted by atomic mass is 10.0. The number of hydrogen-bond acceptors (Lipinski definition) is 6. The molecular weight excluding hydrogens is 492 g/mol. The Morgan fingerprint density at radius 2 is 1.56 bits per heavy atom. The van der Waals surface area contributed by atoms with E-state index in [0.717, 1.165) is 5.75 Å². The fourth-order valence-electron chi connectivity index (χ4n) is 3.72. The highest BCUT2D eigenvalue weighted by atomic mass is 35.5. The highest BCUT2D eigenvalue weighted by molar-refractivity contribution is 7.99. The number of sulfonamides is 1. The van der Waals surface area contributed by atoms with Crippen LogP contribution in [0.3, 0.4) is 0 Å². The maximum atomic E-state index is 12.1. The van der Waals surface area contributed by atoms with Gasteiger partial charge in [-0.05, 0) is 23.8 Å². The molecule has 0 aliphatic heterocycles. The Morgan fingerprint density at radius 3 is 2.09 bits per heavy atom. The quantitative estimate of drug-likeness (QED) is 0.105. The Bertz CT molecular complexity index is 660. The number of thioether (sulfide) groups is 1. The number of hydrogen-bond donors (Lipinski definition) is 1. The molecule has 1 unspecified atom stereocenters. The number of rotatable bonds is 25. The van der Waals surface area contributed by atoms with Crippen LogP contribution in [0.1, 0.15) is 103 Å². The Labute approximate surface area is 217 Å². The summed E-state index contributed by atoms with van der Waals surface area (Å²) in [6.07, 6.45) is 20.6. The zero-order valence-electron chi connectivity index (χ0n) is 21.1. The van der Waals surface area contributed by atoms with Crippen molar-refractivity contribution in [2.75, 3.05) is 29.7 Å². The van der Waals surface area contributed by atoms with Gasteiger partial charge in [-0.15, -0.1) is 11.6 Å². The van der Waals surface area contributed by atoms with Gasteiger partial charge < -0.3 is 9.26 Å². The van der Waals surface area contributed by atoms with Crippen molar-refractivity contribution in [3.63, 3.8) is 0 Å². The molecule has 1 rings (SSSR count). The molecule has 1 aromatic heterocycles. The summed E-state index contributed by atoms with van der Waals surface area (Å²) in [5.74, 6) is 2.48. The van der Waals surface area contributed by atoms with Gasteiger partial charge in [-0.25, -0.2) is 13.1 Å². The number of alkyl halides is 1. The first kappa shape index (κ1) is 31.6. The summed E-state index contributed by atoms with van der Waals surface area (Å²) < 4.78 is 37.3. The third kappa shape index (κ3) is 18.8. The van der Waals surface area contributed by atoms with Gasteiger partial charge in [0.15, 0.2) is 0 Å². The third-order valence-corrected chi connectivity index (χ3v) is 8.61. The minimum Gasteiger partial charge on any atom is -0.470 e. The molecular formula is C25H47ClN2O4S2. The van der Waals surface area contributed by atoms with Crippen molar-refractivity contribution in [2.45, 2.75) is 109 Å². The number of nitrogens with zero attached hydrogens (tertiary/aromatic N) is 1. The SMILES string of the molecule is CCCCCCCCCCCCCCCCSCC(CNS(=O)(=O)CCCCl)Oc1ccon1. The van der Waals surface area contributed by atoms with E-state index in [1.807, 2.05) is 0 Å². The maximum absolute atomic E-state index is 12.1. The molecule has 0 aliphatic rings. The van der Waals surface area contributed by atoms with Gasteiger partial charge in [0.1, 0.15) is 12.4 Å². The first-order chi connectivity index (χ1) is 16.6. The Balaban J connectivity index is 2.05. The molecule has 1 aromatic rings. The van der Waals surface area contributed by atoms with Crippen molar-refractivity contribution < 1.29 is 17.7 Å². The molecule has 0 spiro atoms. The van der Waals surface area contributed by atoms with E-state index in [4.69, 9.17) is 20.9 Å². The molecule has 34 heavy (non-hydrogen) atoms. The average molecular weight is 539 g/mol.